The average Bonchev–Trinajstić information content (AvgIpc) is 2.66. The second kappa shape index (κ2) is 7.99. The number of aryl methyl sites for hydroxylation is 1. The molecular weight excluding hydrogens is 266 g/mol. The normalized spacial score (nSPS) is 20.1. The van der Waals surface area contributed by atoms with Gasteiger partial charge in [-0.1, -0.05) is 26.7 Å². The van der Waals surface area contributed by atoms with Crippen LogP contribution < -0.4 is 10.2 Å². The van der Waals surface area contributed by atoms with Gasteiger partial charge in [-0.3, -0.25) is 0 Å². The fourth-order valence-corrected chi connectivity index (χ4v) is 4.09. The first-order valence-corrected chi connectivity index (χ1v) is 8.98. The molecule has 0 bridgehead atoms. The van der Waals surface area contributed by atoms with E-state index >= 15 is 0 Å². The second-order valence-electron chi connectivity index (χ2n) is 5.86. The smallest absolute Gasteiger partial charge is 0.185 e. The molecule has 1 atom stereocenters. The molecule has 1 aromatic heterocycles. The van der Waals surface area contributed by atoms with Gasteiger partial charge in [-0.15, -0.1) is 11.3 Å². The Hall–Kier alpha value is -0.610. The Morgan fingerprint density at radius 2 is 2.15 bits per heavy atom. The van der Waals surface area contributed by atoms with Crippen molar-refractivity contribution in [3.05, 3.63) is 10.6 Å². The molecule has 0 aromatic carbocycles. The van der Waals surface area contributed by atoms with Crippen molar-refractivity contribution in [2.24, 2.45) is 5.92 Å². The average molecular weight is 295 g/mol. The Labute approximate surface area is 127 Å². The van der Waals surface area contributed by atoms with E-state index in [0.29, 0.717) is 0 Å². The van der Waals surface area contributed by atoms with Gasteiger partial charge in [0.05, 0.1) is 5.69 Å². The topological polar surface area (TPSA) is 28.2 Å². The van der Waals surface area contributed by atoms with Gasteiger partial charge in [-0.25, -0.2) is 4.98 Å². The van der Waals surface area contributed by atoms with E-state index in [0.717, 1.165) is 19.0 Å². The molecule has 0 radical (unpaired) electrons. The summed E-state index contributed by atoms with van der Waals surface area (Å²) in [7, 11) is 0. The molecule has 1 aliphatic rings. The van der Waals surface area contributed by atoms with Crippen molar-refractivity contribution < 1.29 is 0 Å². The predicted octanol–water partition coefficient (Wildman–Crippen LogP) is 3.97. The maximum absolute atomic E-state index is 4.80. The third kappa shape index (κ3) is 4.19. The SMILES string of the molecule is CCCC1CCCN(c2nc(C)c(CNCC)s2)CC1. The zero-order valence-electron chi connectivity index (χ0n) is 13.2. The van der Waals surface area contributed by atoms with Gasteiger partial charge in [0, 0.05) is 24.5 Å². The number of hydrogen-bond donors (Lipinski definition) is 1. The number of rotatable bonds is 6. The van der Waals surface area contributed by atoms with Crippen LogP contribution in [0.1, 0.15) is 56.5 Å². The fraction of sp³-hybridized carbons (Fsp3) is 0.812. The van der Waals surface area contributed by atoms with Crippen LogP contribution in [0.4, 0.5) is 5.13 Å². The molecule has 0 aliphatic carbocycles. The van der Waals surface area contributed by atoms with Gasteiger partial charge < -0.3 is 10.2 Å². The number of nitrogens with zero attached hydrogens (tertiary/aromatic N) is 2. The Balaban J connectivity index is 1.97. The molecule has 0 amide bonds. The highest BCUT2D eigenvalue weighted by atomic mass is 32.1. The molecule has 3 nitrogen and oxygen atoms in total. The molecule has 1 N–H and O–H groups in total. The largest absolute Gasteiger partial charge is 0.348 e. The highest BCUT2D eigenvalue weighted by Crippen LogP contribution is 2.30. The van der Waals surface area contributed by atoms with Crippen LogP contribution in [0.2, 0.25) is 0 Å². The minimum absolute atomic E-state index is 0.937. The lowest BCUT2D eigenvalue weighted by atomic mass is 9.96. The summed E-state index contributed by atoms with van der Waals surface area (Å²) in [6, 6.07) is 0. The quantitative estimate of drug-likeness (QED) is 0.861. The van der Waals surface area contributed by atoms with Gasteiger partial charge in [0.15, 0.2) is 5.13 Å². The van der Waals surface area contributed by atoms with Crippen LogP contribution in [0, 0.1) is 12.8 Å². The van der Waals surface area contributed by atoms with E-state index in [1.54, 1.807) is 0 Å². The van der Waals surface area contributed by atoms with Crippen LogP contribution in [0.3, 0.4) is 0 Å². The summed E-state index contributed by atoms with van der Waals surface area (Å²) in [5.74, 6) is 0.937. The molecule has 4 heteroatoms. The van der Waals surface area contributed by atoms with Crippen molar-refractivity contribution in [1.82, 2.24) is 10.3 Å². The van der Waals surface area contributed by atoms with Gasteiger partial charge >= 0.3 is 0 Å². The molecule has 1 fully saturated rings. The Morgan fingerprint density at radius 1 is 1.30 bits per heavy atom. The van der Waals surface area contributed by atoms with E-state index in [1.165, 1.54) is 60.9 Å². The van der Waals surface area contributed by atoms with Gasteiger partial charge in [0.25, 0.3) is 0 Å². The van der Waals surface area contributed by atoms with Crippen LogP contribution >= 0.6 is 11.3 Å². The lowest BCUT2D eigenvalue weighted by molar-refractivity contribution is 0.435. The molecule has 2 heterocycles. The van der Waals surface area contributed by atoms with Crippen molar-refractivity contribution in [2.75, 3.05) is 24.5 Å². The maximum atomic E-state index is 4.80. The molecule has 1 aromatic rings. The second-order valence-corrected chi connectivity index (χ2v) is 6.92. The Morgan fingerprint density at radius 3 is 2.90 bits per heavy atom. The standard InChI is InChI=1S/C16H29N3S/c1-4-7-14-8-6-10-19(11-9-14)16-18-13(3)15(20-16)12-17-5-2/h14,17H,4-12H2,1-3H3. The van der Waals surface area contributed by atoms with Crippen molar-refractivity contribution in [3.63, 3.8) is 0 Å². The van der Waals surface area contributed by atoms with E-state index in [1.807, 2.05) is 11.3 Å². The molecule has 1 unspecified atom stereocenters. The van der Waals surface area contributed by atoms with Crippen molar-refractivity contribution in [2.45, 2.75) is 59.4 Å². The zero-order valence-corrected chi connectivity index (χ0v) is 14.1. The van der Waals surface area contributed by atoms with E-state index in [4.69, 9.17) is 4.98 Å². The van der Waals surface area contributed by atoms with E-state index in [2.05, 4.69) is 31.0 Å². The molecule has 1 aliphatic heterocycles. The van der Waals surface area contributed by atoms with E-state index < -0.39 is 0 Å². The van der Waals surface area contributed by atoms with Crippen LogP contribution in [0.15, 0.2) is 0 Å². The highest BCUT2D eigenvalue weighted by Gasteiger charge is 2.19. The number of nitrogens with one attached hydrogen (secondary N) is 1. The maximum Gasteiger partial charge on any atom is 0.185 e. The minimum Gasteiger partial charge on any atom is -0.348 e. The summed E-state index contributed by atoms with van der Waals surface area (Å²) in [5, 5.41) is 4.65. The predicted molar refractivity (Wildman–Crippen MR) is 88.7 cm³/mol. The van der Waals surface area contributed by atoms with Crippen molar-refractivity contribution >= 4 is 16.5 Å². The molecule has 20 heavy (non-hydrogen) atoms. The van der Waals surface area contributed by atoms with Gasteiger partial charge in [-0.05, 0) is 38.6 Å². The van der Waals surface area contributed by atoms with Crippen LogP contribution in [0.25, 0.3) is 0 Å². The van der Waals surface area contributed by atoms with E-state index in [-0.39, 0.29) is 0 Å². The van der Waals surface area contributed by atoms with Crippen molar-refractivity contribution in [1.29, 1.82) is 0 Å². The monoisotopic (exact) mass is 295 g/mol. The summed E-state index contributed by atoms with van der Waals surface area (Å²) < 4.78 is 0. The summed E-state index contributed by atoms with van der Waals surface area (Å²) in [5.41, 5.74) is 1.21. The third-order valence-corrected chi connectivity index (χ3v) is 5.45. The summed E-state index contributed by atoms with van der Waals surface area (Å²) >= 11 is 1.88. The summed E-state index contributed by atoms with van der Waals surface area (Å²) in [6.07, 6.45) is 6.80. The molecular formula is C16H29N3S. The summed E-state index contributed by atoms with van der Waals surface area (Å²) in [4.78, 5) is 8.72. The lowest BCUT2D eigenvalue weighted by Gasteiger charge is -2.19. The zero-order chi connectivity index (χ0) is 14.4. The first kappa shape index (κ1) is 15.8. The number of anilines is 1. The van der Waals surface area contributed by atoms with Gasteiger partial charge in [-0.2, -0.15) is 0 Å². The minimum atomic E-state index is 0.937. The number of thiazole rings is 1. The highest BCUT2D eigenvalue weighted by molar-refractivity contribution is 7.15. The van der Waals surface area contributed by atoms with Gasteiger partial charge in [0.2, 0.25) is 0 Å². The molecule has 1 saturated heterocycles. The Kier molecular flexibility index (Phi) is 6.30. The molecule has 0 saturated carbocycles. The Bertz CT molecular complexity index is 402. The molecule has 114 valence electrons. The number of hydrogen-bond acceptors (Lipinski definition) is 4. The van der Waals surface area contributed by atoms with Crippen molar-refractivity contribution in [3.8, 4) is 0 Å². The van der Waals surface area contributed by atoms with Crippen LogP contribution in [-0.4, -0.2) is 24.6 Å². The first-order chi connectivity index (χ1) is 9.74. The summed E-state index contributed by atoms with van der Waals surface area (Å²) in [6.45, 7) is 11.0. The van der Waals surface area contributed by atoms with Crippen LogP contribution in [-0.2, 0) is 6.54 Å². The van der Waals surface area contributed by atoms with Crippen LogP contribution in [0.5, 0.6) is 0 Å². The first-order valence-electron chi connectivity index (χ1n) is 8.16. The van der Waals surface area contributed by atoms with E-state index in [9.17, 15) is 0 Å². The lowest BCUT2D eigenvalue weighted by Crippen LogP contribution is -2.24. The molecule has 0 spiro atoms. The third-order valence-electron chi connectivity index (χ3n) is 4.23. The molecule has 2 rings (SSSR count). The van der Waals surface area contributed by atoms with Gasteiger partial charge in [0.1, 0.15) is 0 Å². The fourth-order valence-electron chi connectivity index (χ4n) is 3.00. The number of aromatic nitrogens is 1.